The number of carbonyl (C=O) groups is 1. The molecule has 1 amide bonds. The number of hydrogen-bond donors (Lipinski definition) is 2. The zero-order chi connectivity index (χ0) is 13.7. The number of amides is 1. The zero-order valence-corrected chi connectivity index (χ0v) is 11.7. The molecule has 100 valence electrons. The average molecular weight is 293 g/mol. The van der Waals surface area contributed by atoms with Gasteiger partial charge >= 0.3 is 0 Å². The van der Waals surface area contributed by atoms with Crippen molar-refractivity contribution < 1.29 is 9.18 Å². The van der Waals surface area contributed by atoms with Gasteiger partial charge in [-0.25, -0.2) is 4.39 Å². The minimum atomic E-state index is -0.525. The molecule has 0 spiro atoms. The second-order valence-electron chi connectivity index (χ2n) is 3.84. The predicted molar refractivity (Wildman–Crippen MR) is 71.5 cm³/mol. The third kappa shape index (κ3) is 4.12. The Morgan fingerprint density at radius 2 is 2.06 bits per heavy atom. The van der Waals surface area contributed by atoms with E-state index in [1.807, 2.05) is 6.92 Å². The fourth-order valence-electron chi connectivity index (χ4n) is 1.49. The monoisotopic (exact) mass is 292 g/mol. The molecule has 0 aliphatic carbocycles. The highest BCUT2D eigenvalue weighted by Crippen LogP contribution is 2.28. The maximum Gasteiger partial charge on any atom is 0.233 e. The Kier molecular flexibility index (Phi) is 5.85. The molecule has 0 aliphatic heterocycles. The summed E-state index contributed by atoms with van der Waals surface area (Å²) < 4.78 is 13.3. The summed E-state index contributed by atoms with van der Waals surface area (Å²) in [5.74, 6) is -0.641. The highest BCUT2D eigenvalue weighted by molar-refractivity contribution is 6.35. The molecule has 0 aliphatic rings. The Morgan fingerprint density at radius 1 is 1.39 bits per heavy atom. The second-order valence-corrected chi connectivity index (χ2v) is 4.66. The summed E-state index contributed by atoms with van der Waals surface area (Å²) in [6, 6.07) is 2.39. The van der Waals surface area contributed by atoms with E-state index in [0.717, 1.165) is 0 Å². The highest BCUT2D eigenvalue weighted by Gasteiger charge is 2.13. The third-order valence-electron chi connectivity index (χ3n) is 2.45. The Balaban J connectivity index is 2.69. The number of likely N-dealkylation sites (N-methyl/N-ethyl adjacent to an activating group) is 1. The summed E-state index contributed by atoms with van der Waals surface area (Å²) in [5.41, 5.74) is 0.572. The normalized spacial score (nSPS) is 12.3. The van der Waals surface area contributed by atoms with Gasteiger partial charge in [0.15, 0.2) is 0 Å². The maximum absolute atomic E-state index is 13.3. The number of nitrogens with one attached hydrogen (secondary N) is 2. The van der Waals surface area contributed by atoms with Crippen LogP contribution in [0.1, 0.15) is 25.5 Å². The lowest BCUT2D eigenvalue weighted by Crippen LogP contribution is -2.34. The lowest BCUT2D eigenvalue weighted by molar-refractivity contribution is -0.120. The SMILES string of the molecule is CCNC(=O)CNC(C)c1cc(F)c(Cl)cc1Cl. The van der Waals surface area contributed by atoms with Crippen LogP contribution in [0, 0.1) is 5.82 Å². The number of rotatable bonds is 5. The summed E-state index contributed by atoms with van der Waals surface area (Å²) in [5, 5.41) is 5.98. The minimum Gasteiger partial charge on any atom is -0.355 e. The molecule has 18 heavy (non-hydrogen) atoms. The smallest absolute Gasteiger partial charge is 0.233 e. The van der Waals surface area contributed by atoms with E-state index >= 15 is 0 Å². The van der Waals surface area contributed by atoms with E-state index in [-0.39, 0.29) is 23.5 Å². The lowest BCUT2D eigenvalue weighted by Gasteiger charge is -2.16. The van der Waals surface area contributed by atoms with Gasteiger partial charge in [-0.3, -0.25) is 4.79 Å². The van der Waals surface area contributed by atoms with Crippen LogP contribution in [0.5, 0.6) is 0 Å². The summed E-state index contributed by atoms with van der Waals surface area (Å²) >= 11 is 11.6. The molecule has 0 bridgehead atoms. The van der Waals surface area contributed by atoms with Gasteiger partial charge in [0.05, 0.1) is 11.6 Å². The van der Waals surface area contributed by atoms with Crippen LogP contribution in [-0.2, 0) is 4.79 Å². The first-order chi connectivity index (χ1) is 8.45. The molecule has 0 saturated heterocycles. The van der Waals surface area contributed by atoms with E-state index in [2.05, 4.69) is 10.6 Å². The van der Waals surface area contributed by atoms with Crippen molar-refractivity contribution in [1.82, 2.24) is 10.6 Å². The number of hydrogen-bond acceptors (Lipinski definition) is 2. The topological polar surface area (TPSA) is 41.1 Å². The molecule has 0 saturated carbocycles. The molecule has 1 rings (SSSR count). The second kappa shape index (κ2) is 6.92. The van der Waals surface area contributed by atoms with Crippen molar-refractivity contribution in [2.45, 2.75) is 19.9 Å². The summed E-state index contributed by atoms with van der Waals surface area (Å²) in [6.07, 6.45) is 0. The van der Waals surface area contributed by atoms with Crippen molar-refractivity contribution >= 4 is 29.1 Å². The van der Waals surface area contributed by atoms with Crippen molar-refractivity contribution in [2.24, 2.45) is 0 Å². The predicted octanol–water partition coefficient (Wildman–Crippen LogP) is 2.92. The fourth-order valence-corrected chi connectivity index (χ4v) is 2.03. The Labute approximate surface area is 116 Å². The highest BCUT2D eigenvalue weighted by atomic mass is 35.5. The van der Waals surface area contributed by atoms with Crippen molar-refractivity contribution in [3.05, 3.63) is 33.6 Å². The van der Waals surface area contributed by atoms with Gasteiger partial charge in [-0.15, -0.1) is 0 Å². The molecule has 0 heterocycles. The van der Waals surface area contributed by atoms with Crippen molar-refractivity contribution in [2.75, 3.05) is 13.1 Å². The maximum atomic E-state index is 13.3. The minimum absolute atomic E-state index is 0.0142. The quantitative estimate of drug-likeness (QED) is 0.820. The van der Waals surface area contributed by atoms with Crippen LogP contribution in [-0.4, -0.2) is 19.0 Å². The molecular weight excluding hydrogens is 278 g/mol. The standard InChI is InChI=1S/C12H15Cl2FN2O/c1-3-16-12(18)6-17-7(2)8-4-11(15)10(14)5-9(8)13/h4-5,7,17H,3,6H2,1-2H3,(H,16,18). The Bertz CT molecular complexity index is 440. The molecule has 3 nitrogen and oxygen atoms in total. The van der Waals surface area contributed by atoms with E-state index in [9.17, 15) is 9.18 Å². The van der Waals surface area contributed by atoms with Crippen molar-refractivity contribution in [1.29, 1.82) is 0 Å². The van der Waals surface area contributed by atoms with Crippen LogP contribution in [0.4, 0.5) is 4.39 Å². The van der Waals surface area contributed by atoms with Gasteiger partial charge in [-0.1, -0.05) is 23.2 Å². The first kappa shape index (κ1) is 15.2. The van der Waals surface area contributed by atoms with Crippen LogP contribution in [0.15, 0.2) is 12.1 Å². The average Bonchev–Trinajstić information content (AvgIpc) is 2.31. The molecule has 1 atom stereocenters. The molecule has 1 aromatic rings. The van der Waals surface area contributed by atoms with Crippen LogP contribution in [0.3, 0.4) is 0 Å². The molecule has 0 radical (unpaired) electrons. The van der Waals surface area contributed by atoms with E-state index < -0.39 is 5.82 Å². The van der Waals surface area contributed by atoms with Crippen LogP contribution in [0.2, 0.25) is 10.0 Å². The number of halogens is 3. The van der Waals surface area contributed by atoms with Gasteiger partial charge in [-0.05, 0) is 31.5 Å². The molecule has 2 N–H and O–H groups in total. The molecule has 1 aromatic carbocycles. The lowest BCUT2D eigenvalue weighted by atomic mass is 10.1. The number of benzene rings is 1. The van der Waals surface area contributed by atoms with Crippen molar-refractivity contribution in [3.8, 4) is 0 Å². The van der Waals surface area contributed by atoms with Crippen LogP contribution >= 0.6 is 23.2 Å². The van der Waals surface area contributed by atoms with E-state index in [0.29, 0.717) is 17.1 Å². The van der Waals surface area contributed by atoms with Gasteiger partial charge in [0.25, 0.3) is 0 Å². The zero-order valence-electron chi connectivity index (χ0n) is 10.2. The molecular formula is C12H15Cl2FN2O. The van der Waals surface area contributed by atoms with E-state index in [1.54, 1.807) is 6.92 Å². The van der Waals surface area contributed by atoms with Gasteiger partial charge in [0.2, 0.25) is 5.91 Å². The molecule has 6 heteroatoms. The van der Waals surface area contributed by atoms with E-state index in [4.69, 9.17) is 23.2 Å². The molecule has 1 unspecified atom stereocenters. The van der Waals surface area contributed by atoms with Gasteiger partial charge < -0.3 is 10.6 Å². The largest absolute Gasteiger partial charge is 0.355 e. The fraction of sp³-hybridized carbons (Fsp3) is 0.417. The molecule has 0 aromatic heterocycles. The van der Waals surface area contributed by atoms with Gasteiger partial charge in [0, 0.05) is 17.6 Å². The first-order valence-corrected chi connectivity index (χ1v) is 6.35. The third-order valence-corrected chi connectivity index (χ3v) is 3.07. The first-order valence-electron chi connectivity index (χ1n) is 5.60. The Hall–Kier alpha value is -0.840. The van der Waals surface area contributed by atoms with E-state index in [1.165, 1.54) is 12.1 Å². The van der Waals surface area contributed by atoms with Crippen molar-refractivity contribution in [3.63, 3.8) is 0 Å². The Morgan fingerprint density at radius 3 is 2.67 bits per heavy atom. The molecule has 0 fully saturated rings. The van der Waals surface area contributed by atoms with Gasteiger partial charge in [0.1, 0.15) is 5.82 Å². The summed E-state index contributed by atoms with van der Waals surface area (Å²) in [7, 11) is 0. The number of carbonyl (C=O) groups excluding carboxylic acids is 1. The van der Waals surface area contributed by atoms with Crippen LogP contribution in [0.25, 0.3) is 0 Å². The van der Waals surface area contributed by atoms with Gasteiger partial charge in [-0.2, -0.15) is 0 Å². The summed E-state index contributed by atoms with van der Waals surface area (Å²) in [4.78, 5) is 11.3. The van der Waals surface area contributed by atoms with Crippen LogP contribution < -0.4 is 10.6 Å². The summed E-state index contributed by atoms with van der Waals surface area (Å²) in [6.45, 7) is 4.36.